The molecule has 0 aliphatic heterocycles. The maximum atomic E-state index is 10.00. The van der Waals surface area contributed by atoms with Crippen LogP contribution in [0.25, 0.3) is 0 Å². The highest BCUT2D eigenvalue weighted by molar-refractivity contribution is 5.58. The van der Waals surface area contributed by atoms with Crippen LogP contribution in [0.5, 0.6) is 23.0 Å². The molecule has 1 N–H and O–H groups in total. The molecule has 0 aromatic heterocycles. The zero-order valence-electron chi connectivity index (χ0n) is 10.6. The van der Waals surface area contributed by atoms with E-state index >= 15 is 0 Å². The molecule has 4 nitrogen and oxygen atoms in total. The summed E-state index contributed by atoms with van der Waals surface area (Å²) in [6.07, 6.45) is 1.64. The average Bonchev–Trinajstić information content (AvgIpc) is 2.31. The van der Waals surface area contributed by atoms with Crippen LogP contribution in [0.3, 0.4) is 0 Å². The van der Waals surface area contributed by atoms with Crippen molar-refractivity contribution in [2.75, 3.05) is 14.2 Å². The van der Waals surface area contributed by atoms with E-state index in [1.54, 1.807) is 18.2 Å². The molecular formula is C13H18O4. The molecule has 1 aromatic carbocycles. The molecule has 94 valence electrons. The Morgan fingerprint density at radius 2 is 1.71 bits per heavy atom. The fraction of sp³-hybridized carbons (Fsp3) is 0.385. The van der Waals surface area contributed by atoms with E-state index in [4.69, 9.17) is 14.2 Å². The quantitative estimate of drug-likeness (QED) is 0.801. The van der Waals surface area contributed by atoms with E-state index in [1.165, 1.54) is 14.2 Å². The normalized spacial score (nSPS) is 10.8. The highest BCUT2D eigenvalue weighted by Crippen LogP contribution is 2.44. The van der Waals surface area contributed by atoms with Crippen LogP contribution in [0.2, 0.25) is 0 Å². The van der Waals surface area contributed by atoms with Gasteiger partial charge in [-0.3, -0.25) is 0 Å². The summed E-state index contributed by atoms with van der Waals surface area (Å²) in [5, 5.41) is 10.00. The average molecular weight is 238 g/mol. The summed E-state index contributed by atoms with van der Waals surface area (Å²) in [4.78, 5) is 0. The van der Waals surface area contributed by atoms with Crippen molar-refractivity contribution >= 4 is 0 Å². The maximum absolute atomic E-state index is 10.00. The molecule has 0 atom stereocenters. The molecule has 4 heteroatoms. The lowest BCUT2D eigenvalue weighted by atomic mass is 10.1. The van der Waals surface area contributed by atoms with Crippen molar-refractivity contribution < 1.29 is 19.3 Å². The monoisotopic (exact) mass is 238 g/mol. The van der Waals surface area contributed by atoms with Gasteiger partial charge in [-0.15, -0.1) is 0 Å². The van der Waals surface area contributed by atoms with Crippen LogP contribution in [0.1, 0.15) is 13.8 Å². The highest BCUT2D eigenvalue weighted by Gasteiger charge is 2.22. The molecule has 1 aromatic rings. The minimum absolute atomic E-state index is 0.0817. The van der Waals surface area contributed by atoms with Gasteiger partial charge in [0.2, 0.25) is 11.5 Å². The fourth-order valence-electron chi connectivity index (χ4n) is 1.26. The van der Waals surface area contributed by atoms with Crippen molar-refractivity contribution in [3.8, 4) is 23.0 Å². The van der Waals surface area contributed by atoms with Gasteiger partial charge in [0.05, 0.1) is 14.2 Å². The second kappa shape index (κ2) is 4.99. The third-order valence-corrected chi connectivity index (χ3v) is 2.35. The van der Waals surface area contributed by atoms with Gasteiger partial charge in [-0.25, -0.2) is 0 Å². The zero-order chi connectivity index (χ0) is 13.1. The molecule has 0 spiro atoms. The standard InChI is InChI=1S/C13H18O4/c1-6-13(2,3)17-12-10(16-5)8-7-9(15-4)11(12)14/h6-8,14H,1H2,2-5H3. The molecule has 0 radical (unpaired) electrons. The summed E-state index contributed by atoms with van der Waals surface area (Å²) in [7, 11) is 2.99. The number of rotatable bonds is 5. The van der Waals surface area contributed by atoms with Gasteiger partial charge >= 0.3 is 0 Å². The molecule has 0 unspecified atom stereocenters. The molecule has 0 saturated heterocycles. The molecule has 17 heavy (non-hydrogen) atoms. The summed E-state index contributed by atoms with van der Waals surface area (Å²) < 4.78 is 15.8. The van der Waals surface area contributed by atoms with Crippen molar-refractivity contribution in [2.24, 2.45) is 0 Å². The third-order valence-electron chi connectivity index (χ3n) is 2.35. The van der Waals surface area contributed by atoms with Crippen molar-refractivity contribution in [1.29, 1.82) is 0 Å². The van der Waals surface area contributed by atoms with Crippen molar-refractivity contribution in [3.05, 3.63) is 24.8 Å². The zero-order valence-corrected chi connectivity index (χ0v) is 10.6. The highest BCUT2D eigenvalue weighted by atomic mass is 16.5. The van der Waals surface area contributed by atoms with E-state index in [0.29, 0.717) is 11.5 Å². The van der Waals surface area contributed by atoms with E-state index in [0.717, 1.165) is 0 Å². The molecule has 0 amide bonds. The number of phenolic OH excluding ortho intramolecular Hbond substituents is 1. The molecule has 0 heterocycles. The Morgan fingerprint density at radius 3 is 2.18 bits per heavy atom. The number of phenols is 1. The van der Waals surface area contributed by atoms with E-state index < -0.39 is 5.60 Å². The number of aromatic hydroxyl groups is 1. The van der Waals surface area contributed by atoms with Gasteiger partial charge in [-0.2, -0.15) is 0 Å². The first kappa shape index (κ1) is 13.2. The molecule has 0 fully saturated rings. The molecule has 0 aliphatic carbocycles. The maximum Gasteiger partial charge on any atom is 0.208 e. The Bertz CT molecular complexity index is 410. The van der Waals surface area contributed by atoms with E-state index in [-0.39, 0.29) is 11.5 Å². The number of benzene rings is 1. The largest absolute Gasteiger partial charge is 0.502 e. The molecule has 0 saturated carbocycles. The van der Waals surface area contributed by atoms with Crippen LogP contribution in [-0.4, -0.2) is 24.9 Å². The first-order chi connectivity index (χ1) is 7.95. The fourth-order valence-corrected chi connectivity index (χ4v) is 1.26. The van der Waals surface area contributed by atoms with E-state index in [1.807, 2.05) is 13.8 Å². The predicted molar refractivity (Wildman–Crippen MR) is 66.1 cm³/mol. The first-order valence-electron chi connectivity index (χ1n) is 5.21. The Morgan fingerprint density at radius 1 is 1.18 bits per heavy atom. The second-order valence-corrected chi connectivity index (χ2v) is 4.06. The van der Waals surface area contributed by atoms with Gasteiger partial charge < -0.3 is 19.3 Å². The Balaban J connectivity index is 3.23. The Hall–Kier alpha value is -1.84. The van der Waals surface area contributed by atoms with Crippen LogP contribution in [-0.2, 0) is 0 Å². The van der Waals surface area contributed by atoms with Gasteiger partial charge in [0.25, 0.3) is 0 Å². The van der Waals surface area contributed by atoms with Gasteiger partial charge in [0.1, 0.15) is 5.60 Å². The summed E-state index contributed by atoms with van der Waals surface area (Å²) in [5.74, 6) is 0.942. The molecule has 1 rings (SSSR count). The van der Waals surface area contributed by atoms with Crippen molar-refractivity contribution in [1.82, 2.24) is 0 Å². The lowest BCUT2D eigenvalue weighted by Crippen LogP contribution is -2.25. The van der Waals surface area contributed by atoms with E-state index in [2.05, 4.69) is 6.58 Å². The van der Waals surface area contributed by atoms with Crippen LogP contribution in [0, 0.1) is 0 Å². The predicted octanol–water partition coefficient (Wildman–Crippen LogP) is 2.75. The Labute approximate surface area is 101 Å². The van der Waals surface area contributed by atoms with Gasteiger partial charge in [-0.1, -0.05) is 6.58 Å². The molecule has 0 aliphatic rings. The summed E-state index contributed by atoms with van der Waals surface area (Å²) in [6.45, 7) is 7.34. The van der Waals surface area contributed by atoms with Crippen molar-refractivity contribution in [2.45, 2.75) is 19.4 Å². The number of ether oxygens (including phenoxy) is 3. The minimum Gasteiger partial charge on any atom is -0.502 e. The summed E-state index contributed by atoms with van der Waals surface area (Å²) in [6, 6.07) is 3.29. The van der Waals surface area contributed by atoms with Gasteiger partial charge in [0.15, 0.2) is 11.5 Å². The summed E-state index contributed by atoms with van der Waals surface area (Å²) in [5.41, 5.74) is -0.614. The van der Waals surface area contributed by atoms with Gasteiger partial charge in [0, 0.05) is 0 Å². The van der Waals surface area contributed by atoms with Crippen molar-refractivity contribution in [3.63, 3.8) is 0 Å². The second-order valence-electron chi connectivity index (χ2n) is 4.06. The smallest absolute Gasteiger partial charge is 0.208 e. The van der Waals surface area contributed by atoms with Crippen LogP contribution in [0.15, 0.2) is 24.8 Å². The lowest BCUT2D eigenvalue weighted by molar-refractivity contribution is 0.148. The topological polar surface area (TPSA) is 47.9 Å². The number of hydrogen-bond acceptors (Lipinski definition) is 4. The number of methoxy groups -OCH3 is 2. The lowest BCUT2D eigenvalue weighted by Gasteiger charge is -2.24. The van der Waals surface area contributed by atoms with E-state index in [9.17, 15) is 5.11 Å². The first-order valence-corrected chi connectivity index (χ1v) is 5.21. The third kappa shape index (κ3) is 2.84. The van der Waals surface area contributed by atoms with Crippen LogP contribution < -0.4 is 14.2 Å². The summed E-state index contributed by atoms with van der Waals surface area (Å²) >= 11 is 0. The van der Waals surface area contributed by atoms with Crippen LogP contribution >= 0.6 is 0 Å². The minimum atomic E-state index is -0.614. The molecular weight excluding hydrogens is 220 g/mol. The Kier molecular flexibility index (Phi) is 3.89. The van der Waals surface area contributed by atoms with Gasteiger partial charge in [-0.05, 0) is 32.1 Å². The molecule has 0 bridgehead atoms. The van der Waals surface area contributed by atoms with Crippen LogP contribution in [0.4, 0.5) is 0 Å². The SMILES string of the molecule is C=CC(C)(C)Oc1c(OC)ccc(OC)c1O. The number of hydrogen-bond donors (Lipinski definition) is 1.